The van der Waals surface area contributed by atoms with Gasteiger partial charge in [0.1, 0.15) is 12.2 Å². The summed E-state index contributed by atoms with van der Waals surface area (Å²) in [5.41, 5.74) is 0.424. The molecule has 1 aromatic carbocycles. The Morgan fingerprint density at radius 1 is 1.42 bits per heavy atom. The standard InChI is InChI=1S/C13H14ClFO3S/c1-3-18-12(17)6-10(16)7-19-11-5-9(14)4-8(2)13(11)15/h4-5H,3,6-7H2,1-2H3. The molecule has 6 heteroatoms. The van der Waals surface area contributed by atoms with Gasteiger partial charge in [-0.05, 0) is 31.5 Å². The molecular weight excluding hydrogens is 291 g/mol. The highest BCUT2D eigenvalue weighted by molar-refractivity contribution is 8.00. The highest BCUT2D eigenvalue weighted by Gasteiger charge is 2.13. The van der Waals surface area contributed by atoms with E-state index in [1.165, 1.54) is 12.1 Å². The molecule has 0 spiro atoms. The van der Waals surface area contributed by atoms with Gasteiger partial charge < -0.3 is 4.74 Å². The maximum absolute atomic E-state index is 13.7. The largest absolute Gasteiger partial charge is 0.466 e. The van der Waals surface area contributed by atoms with E-state index in [1.54, 1.807) is 13.8 Å². The van der Waals surface area contributed by atoms with E-state index in [4.69, 9.17) is 11.6 Å². The van der Waals surface area contributed by atoms with E-state index in [-0.39, 0.29) is 24.6 Å². The van der Waals surface area contributed by atoms with Crippen LogP contribution in [0.3, 0.4) is 0 Å². The summed E-state index contributed by atoms with van der Waals surface area (Å²) >= 11 is 6.85. The molecule has 0 aliphatic carbocycles. The van der Waals surface area contributed by atoms with E-state index >= 15 is 0 Å². The van der Waals surface area contributed by atoms with Gasteiger partial charge in [0.2, 0.25) is 0 Å². The Labute approximate surface area is 120 Å². The molecule has 0 fully saturated rings. The van der Waals surface area contributed by atoms with Crippen LogP contribution in [0.4, 0.5) is 4.39 Å². The SMILES string of the molecule is CCOC(=O)CC(=O)CSc1cc(Cl)cc(C)c1F. The van der Waals surface area contributed by atoms with Crippen molar-refractivity contribution in [2.24, 2.45) is 0 Å². The maximum Gasteiger partial charge on any atom is 0.313 e. The zero-order chi connectivity index (χ0) is 14.4. The van der Waals surface area contributed by atoms with Crippen LogP contribution in [0.5, 0.6) is 0 Å². The number of benzene rings is 1. The number of carbonyl (C=O) groups is 2. The fourth-order valence-electron chi connectivity index (χ4n) is 1.38. The molecule has 0 saturated heterocycles. The van der Waals surface area contributed by atoms with Gasteiger partial charge in [0.15, 0.2) is 5.78 Å². The van der Waals surface area contributed by atoms with Crippen LogP contribution in [0.1, 0.15) is 18.9 Å². The lowest BCUT2D eigenvalue weighted by molar-refractivity contribution is -0.145. The first-order chi connectivity index (χ1) is 8.93. The van der Waals surface area contributed by atoms with Gasteiger partial charge in [0.25, 0.3) is 0 Å². The van der Waals surface area contributed by atoms with Crippen LogP contribution >= 0.6 is 23.4 Å². The van der Waals surface area contributed by atoms with Crippen LogP contribution in [-0.4, -0.2) is 24.1 Å². The smallest absolute Gasteiger partial charge is 0.313 e. The normalized spacial score (nSPS) is 10.3. The Kier molecular flexibility index (Phi) is 6.31. The topological polar surface area (TPSA) is 43.4 Å². The quantitative estimate of drug-likeness (QED) is 0.459. The van der Waals surface area contributed by atoms with Crippen molar-refractivity contribution >= 4 is 35.1 Å². The van der Waals surface area contributed by atoms with Crippen LogP contribution in [0.2, 0.25) is 5.02 Å². The second-order valence-electron chi connectivity index (χ2n) is 3.84. The van der Waals surface area contributed by atoms with Gasteiger partial charge in [-0.25, -0.2) is 4.39 Å². The monoisotopic (exact) mass is 304 g/mol. The third-order valence-corrected chi connectivity index (χ3v) is 3.51. The summed E-state index contributed by atoms with van der Waals surface area (Å²) in [6, 6.07) is 2.98. The Morgan fingerprint density at radius 2 is 2.11 bits per heavy atom. The highest BCUT2D eigenvalue weighted by atomic mass is 35.5. The molecule has 0 aliphatic heterocycles. The van der Waals surface area contributed by atoms with Gasteiger partial charge in [0, 0.05) is 9.92 Å². The number of ketones is 1. The number of thioether (sulfide) groups is 1. The number of rotatable bonds is 6. The van der Waals surface area contributed by atoms with Crippen molar-refractivity contribution in [3.63, 3.8) is 0 Å². The van der Waals surface area contributed by atoms with E-state index in [2.05, 4.69) is 4.74 Å². The van der Waals surface area contributed by atoms with E-state index in [9.17, 15) is 14.0 Å². The van der Waals surface area contributed by atoms with Crippen LogP contribution in [0.15, 0.2) is 17.0 Å². The Bertz CT molecular complexity index is 491. The van der Waals surface area contributed by atoms with Gasteiger partial charge in [-0.2, -0.15) is 0 Å². The van der Waals surface area contributed by atoms with Crippen molar-refractivity contribution in [1.29, 1.82) is 0 Å². The number of ether oxygens (including phenoxy) is 1. The van der Waals surface area contributed by atoms with E-state index in [0.29, 0.717) is 15.5 Å². The lowest BCUT2D eigenvalue weighted by atomic mass is 10.2. The molecule has 0 atom stereocenters. The Balaban J connectivity index is 2.57. The lowest BCUT2D eigenvalue weighted by Crippen LogP contribution is -2.12. The van der Waals surface area contributed by atoms with Gasteiger partial charge >= 0.3 is 5.97 Å². The van der Waals surface area contributed by atoms with E-state index in [0.717, 1.165) is 11.8 Å². The summed E-state index contributed by atoms with van der Waals surface area (Å²) in [4.78, 5) is 22.9. The van der Waals surface area contributed by atoms with E-state index in [1.807, 2.05) is 0 Å². The summed E-state index contributed by atoms with van der Waals surface area (Å²) in [5, 5.41) is 0.416. The van der Waals surface area contributed by atoms with Crippen molar-refractivity contribution in [2.45, 2.75) is 25.2 Å². The molecule has 104 valence electrons. The molecule has 0 aromatic heterocycles. The summed E-state index contributed by atoms with van der Waals surface area (Å²) in [7, 11) is 0. The Hall–Kier alpha value is -1.07. The first-order valence-electron chi connectivity index (χ1n) is 5.69. The van der Waals surface area contributed by atoms with Crippen molar-refractivity contribution < 1.29 is 18.7 Å². The molecule has 0 unspecified atom stereocenters. The van der Waals surface area contributed by atoms with Crippen LogP contribution in [0.25, 0.3) is 0 Å². The van der Waals surface area contributed by atoms with Gasteiger partial charge in [-0.15, -0.1) is 11.8 Å². The number of hydrogen-bond donors (Lipinski definition) is 0. The van der Waals surface area contributed by atoms with Gasteiger partial charge in [-0.3, -0.25) is 9.59 Å². The molecule has 1 aromatic rings. The number of esters is 1. The fraction of sp³-hybridized carbons (Fsp3) is 0.385. The van der Waals surface area contributed by atoms with E-state index < -0.39 is 11.8 Å². The number of aryl methyl sites for hydroxylation is 1. The van der Waals surface area contributed by atoms with Crippen molar-refractivity contribution in [1.82, 2.24) is 0 Å². The first-order valence-corrected chi connectivity index (χ1v) is 7.06. The number of halogens is 2. The molecule has 19 heavy (non-hydrogen) atoms. The summed E-state index contributed by atoms with van der Waals surface area (Å²) in [6.07, 6.45) is -0.290. The summed E-state index contributed by atoms with van der Waals surface area (Å²) in [5.74, 6) is -1.25. The summed E-state index contributed by atoms with van der Waals surface area (Å²) in [6.45, 7) is 3.51. The maximum atomic E-state index is 13.7. The minimum atomic E-state index is -0.559. The average molecular weight is 305 g/mol. The van der Waals surface area contributed by atoms with Crippen LogP contribution < -0.4 is 0 Å². The molecule has 0 heterocycles. The van der Waals surface area contributed by atoms with Crippen molar-refractivity contribution in [2.75, 3.05) is 12.4 Å². The number of carbonyl (C=O) groups excluding carboxylic acids is 2. The molecule has 3 nitrogen and oxygen atoms in total. The molecule has 0 N–H and O–H groups in total. The third kappa shape index (κ3) is 5.20. The molecular formula is C13H14ClFO3S. The molecule has 0 aliphatic rings. The lowest BCUT2D eigenvalue weighted by Gasteiger charge is -2.06. The minimum Gasteiger partial charge on any atom is -0.466 e. The number of hydrogen-bond acceptors (Lipinski definition) is 4. The highest BCUT2D eigenvalue weighted by Crippen LogP contribution is 2.28. The molecule has 0 amide bonds. The molecule has 0 radical (unpaired) electrons. The van der Waals surface area contributed by atoms with Crippen LogP contribution in [0, 0.1) is 12.7 Å². The zero-order valence-electron chi connectivity index (χ0n) is 10.7. The minimum absolute atomic E-state index is 0.00944. The zero-order valence-corrected chi connectivity index (χ0v) is 12.2. The van der Waals surface area contributed by atoms with Gasteiger partial charge in [0.05, 0.1) is 12.4 Å². The first kappa shape index (κ1) is 16.0. The van der Waals surface area contributed by atoms with Crippen molar-refractivity contribution in [3.8, 4) is 0 Å². The second kappa shape index (κ2) is 7.50. The van der Waals surface area contributed by atoms with Gasteiger partial charge in [-0.1, -0.05) is 11.6 Å². The van der Waals surface area contributed by atoms with Crippen LogP contribution in [-0.2, 0) is 14.3 Å². The predicted molar refractivity (Wildman–Crippen MR) is 73.1 cm³/mol. The Morgan fingerprint density at radius 3 is 2.74 bits per heavy atom. The predicted octanol–water partition coefficient (Wildman–Crippen LogP) is 3.40. The molecule has 0 bridgehead atoms. The molecule has 0 saturated carbocycles. The summed E-state index contributed by atoms with van der Waals surface area (Å²) < 4.78 is 18.4. The fourth-order valence-corrected chi connectivity index (χ4v) is 2.64. The molecule has 1 rings (SSSR count). The average Bonchev–Trinajstić information content (AvgIpc) is 2.32. The second-order valence-corrected chi connectivity index (χ2v) is 5.30. The number of Topliss-reactive ketones (excluding diaryl/α,β-unsaturated/α-hetero) is 1. The third-order valence-electron chi connectivity index (χ3n) is 2.22. The van der Waals surface area contributed by atoms with Crippen molar-refractivity contribution in [3.05, 3.63) is 28.5 Å².